The Kier molecular flexibility index (Phi) is 4.77. The fourth-order valence-corrected chi connectivity index (χ4v) is 4.48. The lowest BCUT2D eigenvalue weighted by Gasteiger charge is -2.34. The summed E-state index contributed by atoms with van der Waals surface area (Å²) >= 11 is 0. The molecule has 3 heterocycles. The number of fused-ring (bicyclic) bond motifs is 2. The zero-order valence-corrected chi connectivity index (χ0v) is 17.5. The van der Waals surface area contributed by atoms with Crippen molar-refractivity contribution in [3.63, 3.8) is 0 Å². The molecule has 1 fully saturated rings. The summed E-state index contributed by atoms with van der Waals surface area (Å²) in [6.45, 7) is 6.78. The molecule has 0 aliphatic carbocycles. The topological polar surface area (TPSA) is 66.6 Å². The number of aromatic nitrogens is 1. The van der Waals surface area contributed by atoms with Crippen molar-refractivity contribution in [2.24, 2.45) is 0 Å². The van der Waals surface area contributed by atoms with Crippen molar-refractivity contribution < 1.29 is 14.3 Å². The minimum Gasteiger partial charge on any atom is -0.486 e. The van der Waals surface area contributed by atoms with E-state index in [9.17, 15) is 4.79 Å². The normalized spacial score (nSPS) is 18.5. The molecule has 2 aliphatic rings. The van der Waals surface area contributed by atoms with Crippen molar-refractivity contribution in [3.05, 3.63) is 53.2 Å². The molecule has 30 heavy (non-hydrogen) atoms. The Bertz CT molecular complexity index is 1100. The van der Waals surface area contributed by atoms with Gasteiger partial charge in [-0.2, -0.15) is 0 Å². The van der Waals surface area contributed by atoms with Crippen molar-refractivity contribution in [1.29, 1.82) is 0 Å². The summed E-state index contributed by atoms with van der Waals surface area (Å²) in [4.78, 5) is 18.7. The highest BCUT2D eigenvalue weighted by Gasteiger charge is 2.26. The Morgan fingerprint density at radius 2 is 1.97 bits per heavy atom. The molecule has 6 heteroatoms. The molecule has 156 valence electrons. The molecule has 0 radical (unpaired) electrons. The minimum absolute atomic E-state index is 0.0931. The highest BCUT2D eigenvalue weighted by Crippen LogP contribution is 2.33. The van der Waals surface area contributed by atoms with Crippen LogP contribution >= 0.6 is 0 Å². The number of carbonyl (C=O) groups excluding carboxylic acids is 1. The maximum atomic E-state index is 13.4. The van der Waals surface area contributed by atoms with Gasteiger partial charge in [0.25, 0.3) is 5.91 Å². The molecular formula is C24H27N3O3. The number of anilines is 1. The Morgan fingerprint density at radius 3 is 2.83 bits per heavy atom. The first-order chi connectivity index (χ1) is 14.6. The van der Waals surface area contributed by atoms with Gasteiger partial charge in [-0.25, -0.2) is 0 Å². The predicted octanol–water partition coefficient (Wildman–Crippen LogP) is 4.27. The van der Waals surface area contributed by atoms with Crippen LogP contribution in [0.2, 0.25) is 0 Å². The number of amides is 1. The summed E-state index contributed by atoms with van der Waals surface area (Å²) < 4.78 is 11.3. The molecule has 0 unspecified atom stereocenters. The highest BCUT2D eigenvalue weighted by molar-refractivity contribution is 6.06. The molecule has 1 aromatic heterocycles. The summed E-state index contributed by atoms with van der Waals surface area (Å²) in [7, 11) is 0. The zero-order chi connectivity index (χ0) is 20.7. The predicted molar refractivity (Wildman–Crippen MR) is 118 cm³/mol. The number of aryl methyl sites for hydroxylation is 2. The Morgan fingerprint density at radius 1 is 1.13 bits per heavy atom. The van der Waals surface area contributed by atoms with Gasteiger partial charge in [0.1, 0.15) is 13.2 Å². The van der Waals surface area contributed by atoms with E-state index < -0.39 is 0 Å². The van der Waals surface area contributed by atoms with Crippen molar-refractivity contribution in [1.82, 2.24) is 9.88 Å². The van der Waals surface area contributed by atoms with Gasteiger partial charge in [0.15, 0.2) is 11.5 Å². The average Bonchev–Trinajstić information content (AvgIpc) is 3.07. The molecule has 2 aliphatic heterocycles. The number of aromatic amines is 1. The smallest absolute Gasteiger partial charge is 0.256 e. The van der Waals surface area contributed by atoms with Gasteiger partial charge in [-0.05, 0) is 50.5 Å². The Hall–Kier alpha value is -3.15. The molecule has 1 saturated heterocycles. The first-order valence-electron chi connectivity index (χ1n) is 10.6. The van der Waals surface area contributed by atoms with Crippen LogP contribution in [0.3, 0.4) is 0 Å². The molecule has 1 atom stereocenters. The van der Waals surface area contributed by atoms with Crippen molar-refractivity contribution in [3.8, 4) is 11.5 Å². The molecule has 5 rings (SSSR count). The lowest BCUT2D eigenvalue weighted by atomic mass is 10.0. The average molecular weight is 405 g/mol. The number of para-hydroxylation sites is 1. The van der Waals surface area contributed by atoms with Crippen molar-refractivity contribution in [2.75, 3.05) is 31.6 Å². The first kappa shape index (κ1) is 18.9. The number of ether oxygens (including phenoxy) is 2. The van der Waals surface area contributed by atoms with Crippen molar-refractivity contribution >= 4 is 22.5 Å². The van der Waals surface area contributed by atoms with E-state index in [2.05, 4.69) is 30.2 Å². The number of benzene rings is 2. The summed E-state index contributed by atoms with van der Waals surface area (Å²) in [5, 5.41) is 4.71. The van der Waals surface area contributed by atoms with E-state index in [0.717, 1.165) is 58.7 Å². The molecule has 2 aromatic carbocycles. The molecular weight excluding hydrogens is 378 g/mol. The Labute approximate surface area is 176 Å². The fraction of sp³-hybridized carbons (Fsp3) is 0.375. The van der Waals surface area contributed by atoms with Crippen LogP contribution in [0, 0.1) is 13.8 Å². The van der Waals surface area contributed by atoms with Crippen LogP contribution in [0.1, 0.15) is 34.5 Å². The first-order valence-corrected chi connectivity index (χ1v) is 10.6. The second kappa shape index (κ2) is 7.59. The monoisotopic (exact) mass is 405 g/mol. The van der Waals surface area contributed by atoms with Gasteiger partial charge < -0.3 is 24.7 Å². The third-order valence-corrected chi connectivity index (χ3v) is 6.20. The van der Waals surface area contributed by atoms with Gasteiger partial charge in [0.05, 0.1) is 11.1 Å². The SMILES string of the molecule is Cc1[nH]c2c(C(=O)N3CCC[C@H](Nc4ccc5c(c4)OCCO5)C3)cccc2c1C. The third kappa shape index (κ3) is 3.36. The number of nitrogens with one attached hydrogen (secondary N) is 2. The minimum atomic E-state index is 0.0931. The van der Waals surface area contributed by atoms with Gasteiger partial charge in [-0.3, -0.25) is 4.79 Å². The van der Waals surface area contributed by atoms with Crippen LogP contribution < -0.4 is 14.8 Å². The van der Waals surface area contributed by atoms with Crippen LogP contribution in [0.4, 0.5) is 5.69 Å². The summed E-state index contributed by atoms with van der Waals surface area (Å²) in [6.07, 6.45) is 2.01. The maximum absolute atomic E-state index is 13.4. The summed E-state index contributed by atoms with van der Waals surface area (Å²) in [6, 6.07) is 12.1. The Balaban J connectivity index is 1.33. The van der Waals surface area contributed by atoms with Crippen LogP contribution in [-0.4, -0.2) is 48.1 Å². The molecule has 2 N–H and O–H groups in total. The number of hydrogen-bond acceptors (Lipinski definition) is 4. The number of H-pyrrole nitrogens is 1. The molecule has 3 aromatic rings. The van der Waals surface area contributed by atoms with Crippen LogP contribution in [0.15, 0.2) is 36.4 Å². The zero-order valence-electron chi connectivity index (χ0n) is 17.5. The molecule has 6 nitrogen and oxygen atoms in total. The van der Waals surface area contributed by atoms with E-state index >= 15 is 0 Å². The number of rotatable bonds is 3. The van der Waals surface area contributed by atoms with Gasteiger partial charge >= 0.3 is 0 Å². The van der Waals surface area contributed by atoms with E-state index in [1.54, 1.807) is 0 Å². The van der Waals surface area contributed by atoms with E-state index in [1.165, 1.54) is 5.56 Å². The van der Waals surface area contributed by atoms with Crippen LogP contribution in [-0.2, 0) is 0 Å². The largest absolute Gasteiger partial charge is 0.486 e. The molecule has 0 saturated carbocycles. The van der Waals surface area contributed by atoms with Gasteiger partial charge in [0, 0.05) is 42.0 Å². The van der Waals surface area contributed by atoms with E-state index in [-0.39, 0.29) is 11.9 Å². The molecule has 0 bridgehead atoms. The van der Waals surface area contributed by atoms with Crippen LogP contribution in [0.5, 0.6) is 11.5 Å². The second-order valence-corrected chi connectivity index (χ2v) is 8.20. The summed E-state index contributed by atoms with van der Waals surface area (Å²) in [5.41, 5.74) is 5.01. The second-order valence-electron chi connectivity index (χ2n) is 8.20. The van der Waals surface area contributed by atoms with E-state index in [0.29, 0.717) is 19.8 Å². The van der Waals surface area contributed by atoms with E-state index in [4.69, 9.17) is 9.47 Å². The van der Waals surface area contributed by atoms with Gasteiger partial charge in [0.2, 0.25) is 0 Å². The standard InChI is InChI=1S/C24H27N3O3/c1-15-16(2)25-23-19(15)6-3-7-20(23)24(28)27-10-4-5-18(14-27)26-17-8-9-21-22(13-17)30-12-11-29-21/h3,6-9,13,18,25-26H,4-5,10-12,14H2,1-2H3/t18-/m0/s1. The highest BCUT2D eigenvalue weighted by atomic mass is 16.6. The number of nitrogens with zero attached hydrogens (tertiary/aromatic N) is 1. The number of carbonyl (C=O) groups is 1. The quantitative estimate of drug-likeness (QED) is 0.683. The lowest BCUT2D eigenvalue weighted by molar-refractivity contribution is 0.0716. The number of hydrogen-bond donors (Lipinski definition) is 2. The maximum Gasteiger partial charge on any atom is 0.256 e. The molecule has 1 amide bonds. The van der Waals surface area contributed by atoms with E-state index in [1.807, 2.05) is 35.2 Å². The fourth-order valence-electron chi connectivity index (χ4n) is 4.48. The third-order valence-electron chi connectivity index (χ3n) is 6.20. The number of piperidine rings is 1. The van der Waals surface area contributed by atoms with Crippen LogP contribution in [0.25, 0.3) is 10.9 Å². The van der Waals surface area contributed by atoms with Gasteiger partial charge in [-0.1, -0.05) is 12.1 Å². The number of likely N-dealkylation sites (tertiary alicyclic amines) is 1. The summed E-state index contributed by atoms with van der Waals surface area (Å²) in [5.74, 6) is 1.66. The van der Waals surface area contributed by atoms with Crippen molar-refractivity contribution in [2.45, 2.75) is 32.7 Å². The lowest BCUT2D eigenvalue weighted by Crippen LogP contribution is -2.45. The molecule has 0 spiro atoms. The van der Waals surface area contributed by atoms with Gasteiger partial charge in [-0.15, -0.1) is 0 Å².